The van der Waals surface area contributed by atoms with Gasteiger partial charge in [-0.15, -0.1) is 0 Å². The van der Waals surface area contributed by atoms with E-state index in [0.29, 0.717) is 26.2 Å². The molecule has 2 rings (SSSR count). The average Bonchev–Trinajstić information content (AvgIpc) is 3.17. The SMILES string of the molecule is CC.CCCN(C(=O)OC)C(=P)CCCC1(c2ccc(C)cc2)OCCO1. The number of nitrogens with zero attached hydrogens (tertiary/aromatic N) is 1. The normalized spacial score (nSPS) is 14.9. The van der Waals surface area contributed by atoms with Crippen LogP contribution in [0.5, 0.6) is 0 Å². The summed E-state index contributed by atoms with van der Waals surface area (Å²) in [5.41, 5.74) is 3.08. The molecule has 0 spiro atoms. The van der Waals surface area contributed by atoms with Gasteiger partial charge in [0.05, 0.1) is 20.3 Å². The lowest BCUT2D eigenvalue weighted by Gasteiger charge is -2.29. The molecule has 0 unspecified atom stereocenters. The maximum absolute atomic E-state index is 11.9. The number of amides is 1. The summed E-state index contributed by atoms with van der Waals surface area (Å²) < 4.78 is 16.8. The van der Waals surface area contributed by atoms with Gasteiger partial charge in [0.2, 0.25) is 0 Å². The van der Waals surface area contributed by atoms with E-state index in [1.165, 1.54) is 12.7 Å². The first-order valence-corrected chi connectivity index (χ1v) is 10.3. The van der Waals surface area contributed by atoms with E-state index >= 15 is 0 Å². The van der Waals surface area contributed by atoms with E-state index < -0.39 is 5.79 Å². The van der Waals surface area contributed by atoms with E-state index in [9.17, 15) is 4.79 Å². The highest BCUT2D eigenvalue weighted by molar-refractivity contribution is 7.21. The van der Waals surface area contributed by atoms with Crippen molar-refractivity contribution in [2.45, 2.75) is 59.2 Å². The van der Waals surface area contributed by atoms with Crippen molar-refractivity contribution in [2.75, 3.05) is 26.9 Å². The van der Waals surface area contributed by atoms with Crippen molar-refractivity contribution >= 4 is 20.4 Å². The van der Waals surface area contributed by atoms with Gasteiger partial charge in [-0.3, -0.25) is 4.90 Å². The number of hydrogen-bond donors (Lipinski definition) is 0. The second-order valence-corrected chi connectivity index (χ2v) is 6.81. The number of ether oxygens (including phenoxy) is 3. The van der Waals surface area contributed by atoms with Crippen molar-refractivity contribution in [3.63, 3.8) is 0 Å². The molecule has 1 heterocycles. The monoisotopic (exact) mass is 395 g/mol. The van der Waals surface area contributed by atoms with E-state index in [0.717, 1.165) is 30.2 Å². The van der Waals surface area contributed by atoms with Crippen LogP contribution in [-0.2, 0) is 20.0 Å². The molecule has 1 saturated heterocycles. The lowest BCUT2D eigenvalue weighted by Crippen LogP contribution is -2.36. The van der Waals surface area contributed by atoms with Crippen LogP contribution in [0, 0.1) is 6.92 Å². The van der Waals surface area contributed by atoms with Gasteiger partial charge in [-0.05, 0) is 26.2 Å². The van der Waals surface area contributed by atoms with Gasteiger partial charge in [0, 0.05) is 23.9 Å². The molecule has 27 heavy (non-hydrogen) atoms. The van der Waals surface area contributed by atoms with Crippen molar-refractivity contribution in [1.29, 1.82) is 0 Å². The summed E-state index contributed by atoms with van der Waals surface area (Å²) in [7, 11) is 5.00. The second-order valence-electron chi connectivity index (χ2n) is 6.24. The highest BCUT2D eigenvalue weighted by atomic mass is 31.0. The third-order valence-corrected chi connectivity index (χ3v) is 4.85. The van der Waals surface area contributed by atoms with Crippen molar-refractivity contribution < 1.29 is 19.0 Å². The van der Waals surface area contributed by atoms with E-state index in [-0.39, 0.29) is 6.09 Å². The summed E-state index contributed by atoms with van der Waals surface area (Å²) >= 11 is 0. The lowest BCUT2D eigenvalue weighted by molar-refractivity contribution is -0.171. The zero-order valence-corrected chi connectivity index (χ0v) is 18.3. The lowest BCUT2D eigenvalue weighted by atomic mass is 9.98. The van der Waals surface area contributed by atoms with Crippen molar-refractivity contribution in [3.8, 4) is 0 Å². The fourth-order valence-corrected chi connectivity index (χ4v) is 3.39. The summed E-state index contributed by atoms with van der Waals surface area (Å²) in [5.74, 6) is -0.680. The summed E-state index contributed by atoms with van der Waals surface area (Å²) in [6, 6.07) is 8.28. The number of aryl methyl sites for hydroxylation is 1. The van der Waals surface area contributed by atoms with Crippen LogP contribution in [0.25, 0.3) is 0 Å². The summed E-state index contributed by atoms with van der Waals surface area (Å²) in [4.78, 5) is 13.5. The smallest absolute Gasteiger partial charge is 0.413 e. The number of rotatable bonds is 8. The maximum atomic E-state index is 11.9. The Labute approximate surface area is 166 Å². The Kier molecular flexibility index (Phi) is 10.6. The Morgan fingerprint density at radius 1 is 1.22 bits per heavy atom. The van der Waals surface area contributed by atoms with Crippen LogP contribution >= 0.6 is 8.86 Å². The molecule has 152 valence electrons. The van der Waals surface area contributed by atoms with Gasteiger partial charge in [-0.25, -0.2) is 4.79 Å². The van der Waals surface area contributed by atoms with E-state index in [4.69, 9.17) is 14.2 Å². The Morgan fingerprint density at radius 2 is 1.81 bits per heavy atom. The second kappa shape index (κ2) is 12.1. The minimum absolute atomic E-state index is 0.339. The molecule has 1 aromatic rings. The molecule has 0 N–H and O–H groups in total. The van der Waals surface area contributed by atoms with Crippen LogP contribution in [0.4, 0.5) is 4.79 Å². The highest BCUT2D eigenvalue weighted by Gasteiger charge is 2.38. The van der Waals surface area contributed by atoms with Crippen LogP contribution < -0.4 is 0 Å². The molecule has 0 radical (unpaired) electrons. The predicted octanol–water partition coefficient (Wildman–Crippen LogP) is 5.14. The van der Waals surface area contributed by atoms with Gasteiger partial charge in [0.15, 0.2) is 5.79 Å². The van der Waals surface area contributed by atoms with Gasteiger partial charge in [-0.2, -0.15) is 0 Å². The van der Waals surface area contributed by atoms with Crippen molar-refractivity contribution in [2.24, 2.45) is 0 Å². The van der Waals surface area contributed by atoms with E-state index in [1.807, 2.05) is 20.8 Å². The van der Waals surface area contributed by atoms with Gasteiger partial charge in [0.25, 0.3) is 0 Å². The zero-order chi connectivity index (χ0) is 20.3. The van der Waals surface area contributed by atoms with Crippen LogP contribution in [0.3, 0.4) is 0 Å². The molecular weight excluding hydrogens is 361 g/mol. The summed E-state index contributed by atoms with van der Waals surface area (Å²) in [5, 5.41) is 0. The number of carbonyl (C=O) groups excluding carboxylic acids is 1. The van der Waals surface area contributed by atoms with E-state index in [2.05, 4.69) is 40.1 Å². The molecule has 0 saturated carbocycles. The molecule has 6 heteroatoms. The molecule has 5 nitrogen and oxygen atoms in total. The minimum Gasteiger partial charge on any atom is -0.452 e. The fraction of sp³-hybridized carbons (Fsp3) is 0.619. The van der Waals surface area contributed by atoms with Crippen LogP contribution in [0.2, 0.25) is 0 Å². The summed E-state index contributed by atoms with van der Waals surface area (Å²) in [6.07, 6.45) is 2.79. The van der Waals surface area contributed by atoms with Crippen LogP contribution in [0.15, 0.2) is 24.3 Å². The number of methoxy groups -OCH3 is 1. The third-order valence-electron chi connectivity index (χ3n) is 4.33. The molecule has 0 aliphatic carbocycles. The van der Waals surface area contributed by atoms with Gasteiger partial charge in [-0.1, -0.05) is 59.5 Å². The Morgan fingerprint density at radius 3 is 2.33 bits per heavy atom. The van der Waals surface area contributed by atoms with Gasteiger partial charge >= 0.3 is 6.09 Å². The average molecular weight is 395 g/mol. The molecule has 1 aliphatic rings. The topological polar surface area (TPSA) is 48.0 Å². The standard InChI is InChI=1S/C19H28NO4P.C2H6/c1-4-12-20(18(21)22-3)17(25)6-5-11-19(23-13-14-24-19)16-9-7-15(2)8-10-16;1-2/h7-10,25H,4-6,11-14H2,1-3H3;1-2H3. The molecule has 1 fully saturated rings. The maximum Gasteiger partial charge on any atom is 0.413 e. The predicted molar refractivity (Wildman–Crippen MR) is 113 cm³/mol. The molecule has 0 bridgehead atoms. The largest absolute Gasteiger partial charge is 0.452 e. The van der Waals surface area contributed by atoms with Gasteiger partial charge in [0.1, 0.15) is 0 Å². The number of hydrogen-bond acceptors (Lipinski definition) is 4. The molecule has 0 atom stereocenters. The number of benzene rings is 1. The Bertz CT molecular complexity index is 582. The van der Waals surface area contributed by atoms with E-state index in [1.54, 1.807) is 4.90 Å². The van der Waals surface area contributed by atoms with Crippen LogP contribution in [-0.4, -0.2) is 43.3 Å². The van der Waals surface area contributed by atoms with Crippen LogP contribution in [0.1, 0.15) is 57.6 Å². The van der Waals surface area contributed by atoms with Gasteiger partial charge < -0.3 is 14.2 Å². The first-order valence-electron chi connectivity index (χ1n) is 9.80. The first-order chi connectivity index (χ1) is 13.0. The molecule has 1 aromatic carbocycles. The fourth-order valence-electron chi connectivity index (χ4n) is 3.01. The first kappa shape index (κ1) is 23.6. The quantitative estimate of drug-likeness (QED) is 0.572. The van der Waals surface area contributed by atoms with Crippen molar-refractivity contribution in [1.82, 2.24) is 4.90 Å². The Hall–Kier alpha value is -1.42. The highest BCUT2D eigenvalue weighted by Crippen LogP contribution is 2.36. The minimum atomic E-state index is -0.680. The molecular formula is C21H34NO4P. The Balaban J connectivity index is 0.00000176. The molecule has 1 aliphatic heterocycles. The zero-order valence-electron chi connectivity index (χ0n) is 17.3. The third kappa shape index (κ3) is 6.60. The summed E-state index contributed by atoms with van der Waals surface area (Å²) in [6.45, 7) is 9.92. The number of carbonyl (C=O) groups is 1. The molecule has 0 aromatic heterocycles. The molecule has 1 amide bonds. The van der Waals surface area contributed by atoms with Crippen molar-refractivity contribution in [3.05, 3.63) is 35.4 Å².